The van der Waals surface area contributed by atoms with Crippen LogP contribution in [0.4, 0.5) is 0 Å². The number of aliphatic hydroxyl groups excluding tert-OH is 1. The van der Waals surface area contributed by atoms with Gasteiger partial charge in [0.15, 0.2) is 0 Å². The van der Waals surface area contributed by atoms with E-state index in [4.69, 9.17) is 5.11 Å². The highest BCUT2D eigenvalue weighted by molar-refractivity contribution is 5.82. The lowest BCUT2D eigenvalue weighted by Crippen LogP contribution is -2.49. The molecule has 0 radical (unpaired) electrons. The van der Waals surface area contributed by atoms with Crippen LogP contribution >= 0.6 is 0 Å². The summed E-state index contributed by atoms with van der Waals surface area (Å²) in [6.07, 6.45) is 3.17. The zero-order chi connectivity index (χ0) is 9.68. The molecule has 13 heavy (non-hydrogen) atoms. The average molecular weight is 186 g/mol. The summed E-state index contributed by atoms with van der Waals surface area (Å²) in [7, 11) is 0. The van der Waals surface area contributed by atoms with Gasteiger partial charge in [0.05, 0.1) is 12.6 Å². The third-order valence-electron chi connectivity index (χ3n) is 2.29. The van der Waals surface area contributed by atoms with Crippen LogP contribution < -0.4 is 10.6 Å². The molecule has 1 amide bonds. The minimum Gasteiger partial charge on any atom is -0.394 e. The predicted molar refractivity (Wildman–Crippen MR) is 50.3 cm³/mol. The Balaban J connectivity index is 2.29. The van der Waals surface area contributed by atoms with Crippen LogP contribution in [0.15, 0.2) is 0 Å². The summed E-state index contributed by atoms with van der Waals surface area (Å²) in [6.45, 7) is 2.71. The van der Waals surface area contributed by atoms with Crippen LogP contribution in [0.5, 0.6) is 0 Å². The van der Waals surface area contributed by atoms with Crippen LogP contribution in [0.3, 0.4) is 0 Å². The molecule has 1 aliphatic rings. The van der Waals surface area contributed by atoms with Crippen molar-refractivity contribution in [3.8, 4) is 0 Å². The van der Waals surface area contributed by atoms with Gasteiger partial charge in [0.25, 0.3) is 0 Å². The van der Waals surface area contributed by atoms with E-state index in [2.05, 4.69) is 10.6 Å². The number of carbonyl (C=O) groups is 1. The molecule has 0 aromatic rings. The molecule has 4 nitrogen and oxygen atoms in total. The van der Waals surface area contributed by atoms with E-state index in [9.17, 15) is 4.79 Å². The molecular formula is C9H18N2O2. The third kappa shape index (κ3) is 3.32. The Hall–Kier alpha value is -0.610. The summed E-state index contributed by atoms with van der Waals surface area (Å²) in [6, 6.07) is -0.195. The quantitative estimate of drug-likeness (QED) is 0.563. The Morgan fingerprint density at radius 1 is 1.69 bits per heavy atom. The van der Waals surface area contributed by atoms with Gasteiger partial charge in [0.2, 0.25) is 5.91 Å². The number of carbonyl (C=O) groups excluding carboxylic acids is 1. The maximum atomic E-state index is 11.5. The van der Waals surface area contributed by atoms with E-state index in [0.29, 0.717) is 0 Å². The van der Waals surface area contributed by atoms with Crippen molar-refractivity contribution < 1.29 is 9.90 Å². The maximum Gasteiger partial charge on any atom is 0.237 e. The molecule has 0 aliphatic carbocycles. The smallest absolute Gasteiger partial charge is 0.237 e. The molecule has 2 atom stereocenters. The van der Waals surface area contributed by atoms with E-state index in [1.54, 1.807) is 6.92 Å². The molecule has 1 unspecified atom stereocenters. The van der Waals surface area contributed by atoms with Crippen LogP contribution in [0, 0.1) is 0 Å². The highest BCUT2D eigenvalue weighted by atomic mass is 16.3. The van der Waals surface area contributed by atoms with Crippen molar-refractivity contribution in [2.24, 2.45) is 0 Å². The molecular weight excluding hydrogens is 168 g/mol. The van der Waals surface area contributed by atoms with Gasteiger partial charge in [-0.05, 0) is 26.3 Å². The van der Waals surface area contributed by atoms with E-state index >= 15 is 0 Å². The first kappa shape index (κ1) is 10.5. The SMILES string of the molecule is CC(CO)NC(=O)[C@H]1CCCCN1. The molecule has 1 heterocycles. The number of rotatable bonds is 3. The molecule has 76 valence electrons. The largest absolute Gasteiger partial charge is 0.394 e. The first-order valence-corrected chi connectivity index (χ1v) is 4.88. The molecule has 3 N–H and O–H groups in total. The fourth-order valence-corrected chi connectivity index (χ4v) is 1.46. The zero-order valence-corrected chi connectivity index (χ0v) is 8.05. The Labute approximate surface area is 78.7 Å². The van der Waals surface area contributed by atoms with Gasteiger partial charge in [-0.2, -0.15) is 0 Å². The number of piperidine rings is 1. The van der Waals surface area contributed by atoms with Gasteiger partial charge in [-0.15, -0.1) is 0 Å². The third-order valence-corrected chi connectivity index (χ3v) is 2.29. The highest BCUT2D eigenvalue weighted by Gasteiger charge is 2.20. The Morgan fingerprint density at radius 3 is 3.00 bits per heavy atom. The number of hydrogen-bond donors (Lipinski definition) is 3. The summed E-state index contributed by atoms with van der Waals surface area (Å²) in [5, 5.41) is 14.6. The lowest BCUT2D eigenvalue weighted by molar-refractivity contribution is -0.124. The number of aliphatic hydroxyl groups is 1. The zero-order valence-electron chi connectivity index (χ0n) is 8.05. The van der Waals surface area contributed by atoms with Crippen molar-refractivity contribution in [3.63, 3.8) is 0 Å². The normalized spacial score (nSPS) is 25.2. The summed E-state index contributed by atoms with van der Waals surface area (Å²) in [4.78, 5) is 11.5. The number of amides is 1. The van der Waals surface area contributed by atoms with Crippen molar-refractivity contribution in [2.75, 3.05) is 13.2 Å². The van der Waals surface area contributed by atoms with Crippen molar-refractivity contribution in [2.45, 2.75) is 38.3 Å². The van der Waals surface area contributed by atoms with E-state index in [1.165, 1.54) is 0 Å². The molecule has 0 saturated carbocycles. The topological polar surface area (TPSA) is 61.4 Å². The molecule has 1 rings (SSSR count). The molecule has 0 spiro atoms. The van der Waals surface area contributed by atoms with Crippen LogP contribution in [-0.2, 0) is 4.79 Å². The summed E-state index contributed by atoms with van der Waals surface area (Å²) >= 11 is 0. The molecule has 4 heteroatoms. The fraction of sp³-hybridized carbons (Fsp3) is 0.889. The summed E-state index contributed by atoms with van der Waals surface area (Å²) in [5.74, 6) is 0.0150. The Kier molecular flexibility index (Phi) is 4.18. The van der Waals surface area contributed by atoms with Gasteiger partial charge in [-0.3, -0.25) is 4.79 Å². The van der Waals surface area contributed by atoms with Gasteiger partial charge >= 0.3 is 0 Å². The van der Waals surface area contributed by atoms with Crippen molar-refractivity contribution in [1.82, 2.24) is 10.6 Å². The van der Waals surface area contributed by atoms with E-state index in [1.807, 2.05) is 0 Å². The van der Waals surface area contributed by atoms with Crippen molar-refractivity contribution >= 4 is 5.91 Å². The molecule has 1 aliphatic heterocycles. The monoisotopic (exact) mass is 186 g/mol. The standard InChI is InChI=1S/C9H18N2O2/c1-7(6-12)11-9(13)8-4-2-3-5-10-8/h7-8,10,12H,2-6H2,1H3,(H,11,13)/t7?,8-/m1/s1. The molecule has 0 aromatic heterocycles. The van der Waals surface area contributed by atoms with Gasteiger partial charge < -0.3 is 15.7 Å². The minimum absolute atomic E-state index is 0.00153. The predicted octanol–water partition coefficient (Wildman–Crippen LogP) is -0.374. The molecule has 0 aromatic carbocycles. The van der Waals surface area contributed by atoms with E-state index < -0.39 is 0 Å². The van der Waals surface area contributed by atoms with Crippen molar-refractivity contribution in [3.05, 3.63) is 0 Å². The van der Waals surface area contributed by atoms with Crippen LogP contribution in [0.2, 0.25) is 0 Å². The lowest BCUT2D eigenvalue weighted by Gasteiger charge is -2.23. The van der Waals surface area contributed by atoms with Crippen molar-refractivity contribution in [1.29, 1.82) is 0 Å². The highest BCUT2D eigenvalue weighted by Crippen LogP contribution is 2.06. The first-order chi connectivity index (χ1) is 6.24. The van der Waals surface area contributed by atoms with Gasteiger partial charge in [0.1, 0.15) is 0 Å². The first-order valence-electron chi connectivity index (χ1n) is 4.88. The molecule has 1 fully saturated rings. The second-order valence-corrected chi connectivity index (χ2v) is 3.59. The summed E-state index contributed by atoms with van der Waals surface area (Å²) < 4.78 is 0. The Bertz CT molecular complexity index is 167. The number of hydrogen-bond acceptors (Lipinski definition) is 3. The van der Waals surface area contributed by atoms with Crippen LogP contribution in [0.25, 0.3) is 0 Å². The van der Waals surface area contributed by atoms with Gasteiger partial charge in [-0.1, -0.05) is 6.42 Å². The minimum atomic E-state index is -0.142. The molecule has 1 saturated heterocycles. The van der Waals surface area contributed by atoms with E-state index in [0.717, 1.165) is 25.8 Å². The molecule has 0 bridgehead atoms. The maximum absolute atomic E-state index is 11.5. The number of nitrogens with one attached hydrogen (secondary N) is 2. The van der Waals surface area contributed by atoms with Crippen LogP contribution in [0.1, 0.15) is 26.2 Å². The van der Waals surface area contributed by atoms with Gasteiger partial charge in [0, 0.05) is 6.04 Å². The van der Waals surface area contributed by atoms with Crippen LogP contribution in [-0.4, -0.2) is 36.2 Å². The second-order valence-electron chi connectivity index (χ2n) is 3.59. The second kappa shape index (κ2) is 5.19. The van der Waals surface area contributed by atoms with Gasteiger partial charge in [-0.25, -0.2) is 0 Å². The average Bonchev–Trinajstić information content (AvgIpc) is 2.19. The summed E-state index contributed by atoms with van der Waals surface area (Å²) in [5.41, 5.74) is 0. The van der Waals surface area contributed by atoms with E-state index in [-0.39, 0.29) is 24.6 Å². The Morgan fingerprint density at radius 2 is 2.46 bits per heavy atom. The lowest BCUT2D eigenvalue weighted by atomic mass is 10.0. The fourth-order valence-electron chi connectivity index (χ4n) is 1.46.